The molecule has 110 valence electrons. The van der Waals surface area contributed by atoms with Gasteiger partial charge in [-0.1, -0.05) is 11.6 Å². The second kappa shape index (κ2) is 6.87. The van der Waals surface area contributed by atoms with Crippen molar-refractivity contribution in [2.75, 3.05) is 17.2 Å². The summed E-state index contributed by atoms with van der Waals surface area (Å²) >= 11 is 9.13. The summed E-state index contributed by atoms with van der Waals surface area (Å²) in [6, 6.07) is 5.68. The van der Waals surface area contributed by atoms with Gasteiger partial charge in [0.25, 0.3) is 5.91 Å². The molecule has 0 unspecified atom stereocenters. The molecule has 21 heavy (non-hydrogen) atoms. The van der Waals surface area contributed by atoms with Gasteiger partial charge in [-0.2, -0.15) is 0 Å². The molecule has 2 aromatic rings. The topological polar surface area (TPSA) is 54.0 Å². The fourth-order valence-corrected chi connectivity index (χ4v) is 2.64. The minimum Gasteiger partial charge on any atom is -0.370 e. The van der Waals surface area contributed by atoms with Crippen molar-refractivity contribution in [1.29, 1.82) is 0 Å². The number of nitrogens with zero attached hydrogens (tertiary/aromatic N) is 1. The van der Waals surface area contributed by atoms with Crippen LogP contribution in [0.1, 0.15) is 17.3 Å². The molecule has 1 aromatic heterocycles. The summed E-state index contributed by atoms with van der Waals surface area (Å²) in [5.41, 5.74) is 0.695. The molecule has 0 fully saturated rings. The van der Waals surface area contributed by atoms with Crippen LogP contribution in [0, 0.1) is 5.82 Å². The number of pyridine rings is 1. The Balaban J connectivity index is 2.31. The Morgan fingerprint density at radius 1 is 1.48 bits per heavy atom. The van der Waals surface area contributed by atoms with E-state index in [1.54, 1.807) is 18.3 Å². The minimum absolute atomic E-state index is 0.115. The van der Waals surface area contributed by atoms with Gasteiger partial charge in [-0.05, 0) is 47.1 Å². The molecule has 0 bridgehead atoms. The number of halogens is 3. The lowest BCUT2D eigenvalue weighted by atomic mass is 10.2. The Morgan fingerprint density at radius 3 is 2.90 bits per heavy atom. The monoisotopic (exact) mass is 371 g/mol. The Labute approximate surface area is 134 Å². The molecule has 0 radical (unpaired) electrons. The number of carbonyl (C=O) groups excluding carboxylic acids is 1. The van der Waals surface area contributed by atoms with Crippen LogP contribution in [-0.2, 0) is 0 Å². The predicted octanol–water partition coefficient (Wildman–Crippen LogP) is 4.32. The van der Waals surface area contributed by atoms with E-state index in [9.17, 15) is 9.18 Å². The predicted molar refractivity (Wildman–Crippen MR) is 85.5 cm³/mol. The lowest BCUT2D eigenvalue weighted by Crippen LogP contribution is -2.16. The van der Waals surface area contributed by atoms with E-state index in [-0.39, 0.29) is 10.9 Å². The molecule has 1 amide bonds. The van der Waals surface area contributed by atoms with E-state index in [0.717, 1.165) is 6.07 Å². The molecule has 2 N–H and O–H groups in total. The number of carbonyl (C=O) groups is 1. The van der Waals surface area contributed by atoms with Gasteiger partial charge < -0.3 is 10.6 Å². The first-order valence-corrected chi connectivity index (χ1v) is 7.34. The molecule has 7 heteroatoms. The third kappa shape index (κ3) is 3.71. The largest absolute Gasteiger partial charge is 0.370 e. The second-order valence-electron chi connectivity index (χ2n) is 4.13. The van der Waals surface area contributed by atoms with Gasteiger partial charge in [-0.3, -0.25) is 4.79 Å². The maximum absolute atomic E-state index is 13.2. The van der Waals surface area contributed by atoms with Crippen LogP contribution in [0.4, 0.5) is 15.9 Å². The van der Waals surface area contributed by atoms with Crippen LogP contribution in [0.3, 0.4) is 0 Å². The van der Waals surface area contributed by atoms with Crippen molar-refractivity contribution in [3.8, 4) is 0 Å². The zero-order chi connectivity index (χ0) is 15.4. The quantitative estimate of drug-likeness (QED) is 0.840. The van der Waals surface area contributed by atoms with E-state index in [4.69, 9.17) is 11.6 Å². The zero-order valence-electron chi connectivity index (χ0n) is 11.1. The average molecular weight is 373 g/mol. The van der Waals surface area contributed by atoms with Crippen molar-refractivity contribution in [3.63, 3.8) is 0 Å². The lowest BCUT2D eigenvalue weighted by Gasteiger charge is -2.12. The molecule has 4 nitrogen and oxygen atoms in total. The van der Waals surface area contributed by atoms with Gasteiger partial charge in [-0.15, -0.1) is 0 Å². The third-order valence-electron chi connectivity index (χ3n) is 2.64. The molecule has 0 atom stereocenters. The normalized spacial score (nSPS) is 10.3. The molecule has 0 aliphatic carbocycles. The van der Waals surface area contributed by atoms with Gasteiger partial charge in [-0.25, -0.2) is 9.37 Å². The molecule has 1 heterocycles. The highest BCUT2D eigenvalue weighted by Gasteiger charge is 2.16. The van der Waals surface area contributed by atoms with Crippen LogP contribution in [0.5, 0.6) is 0 Å². The van der Waals surface area contributed by atoms with Crippen molar-refractivity contribution in [2.24, 2.45) is 0 Å². The Hall–Kier alpha value is -1.66. The summed E-state index contributed by atoms with van der Waals surface area (Å²) in [7, 11) is 0. The van der Waals surface area contributed by atoms with E-state index in [1.807, 2.05) is 6.92 Å². The van der Waals surface area contributed by atoms with Crippen molar-refractivity contribution >= 4 is 44.9 Å². The van der Waals surface area contributed by atoms with Gasteiger partial charge in [0.15, 0.2) is 0 Å². The molecule has 1 aromatic carbocycles. The zero-order valence-corrected chi connectivity index (χ0v) is 13.4. The first kappa shape index (κ1) is 15.7. The first-order chi connectivity index (χ1) is 10.0. The average Bonchev–Trinajstić information content (AvgIpc) is 2.43. The number of anilines is 2. The molecule has 0 saturated carbocycles. The van der Waals surface area contributed by atoms with Gasteiger partial charge in [0.2, 0.25) is 0 Å². The van der Waals surface area contributed by atoms with Crippen LogP contribution in [-0.4, -0.2) is 17.4 Å². The molecule has 0 spiro atoms. The lowest BCUT2D eigenvalue weighted by molar-refractivity contribution is 0.102. The number of rotatable bonds is 4. The van der Waals surface area contributed by atoms with Crippen LogP contribution in [0.15, 0.2) is 34.9 Å². The van der Waals surface area contributed by atoms with Gasteiger partial charge in [0, 0.05) is 17.2 Å². The van der Waals surface area contributed by atoms with Crippen molar-refractivity contribution < 1.29 is 9.18 Å². The standard InChI is InChI=1S/C14H12BrClFN3O/c1-2-18-13-9(4-3-5-19-13)14(21)20-12-10(15)6-8(17)7-11(12)16/h3-7H,2H2,1H3,(H,18,19)(H,20,21). The summed E-state index contributed by atoms with van der Waals surface area (Å²) in [5.74, 6) is -0.389. The highest BCUT2D eigenvalue weighted by Crippen LogP contribution is 2.32. The van der Waals surface area contributed by atoms with E-state index < -0.39 is 5.82 Å². The van der Waals surface area contributed by atoms with E-state index in [2.05, 4.69) is 31.5 Å². The van der Waals surface area contributed by atoms with E-state index in [0.29, 0.717) is 28.1 Å². The summed E-state index contributed by atoms with van der Waals surface area (Å²) in [6.45, 7) is 2.54. The molecular formula is C14H12BrClFN3O. The number of benzene rings is 1. The fourth-order valence-electron chi connectivity index (χ4n) is 1.74. The van der Waals surface area contributed by atoms with Gasteiger partial charge in [0.05, 0.1) is 16.3 Å². The van der Waals surface area contributed by atoms with Crippen molar-refractivity contribution in [1.82, 2.24) is 4.98 Å². The van der Waals surface area contributed by atoms with Crippen LogP contribution < -0.4 is 10.6 Å². The Bertz CT molecular complexity index is 658. The van der Waals surface area contributed by atoms with Crippen LogP contribution >= 0.6 is 27.5 Å². The highest BCUT2D eigenvalue weighted by atomic mass is 79.9. The van der Waals surface area contributed by atoms with Gasteiger partial charge >= 0.3 is 0 Å². The number of hydrogen-bond acceptors (Lipinski definition) is 3. The minimum atomic E-state index is -0.486. The fraction of sp³-hybridized carbons (Fsp3) is 0.143. The van der Waals surface area contributed by atoms with Crippen LogP contribution in [0.2, 0.25) is 5.02 Å². The van der Waals surface area contributed by atoms with Gasteiger partial charge in [0.1, 0.15) is 11.6 Å². The Morgan fingerprint density at radius 2 is 2.24 bits per heavy atom. The van der Waals surface area contributed by atoms with Crippen LogP contribution in [0.25, 0.3) is 0 Å². The summed E-state index contributed by atoms with van der Waals surface area (Å²) in [5, 5.41) is 5.78. The number of nitrogens with one attached hydrogen (secondary N) is 2. The Kier molecular flexibility index (Phi) is 5.14. The van der Waals surface area contributed by atoms with Crippen molar-refractivity contribution in [2.45, 2.75) is 6.92 Å². The molecule has 0 aliphatic rings. The highest BCUT2D eigenvalue weighted by molar-refractivity contribution is 9.10. The second-order valence-corrected chi connectivity index (χ2v) is 5.39. The first-order valence-electron chi connectivity index (χ1n) is 6.17. The summed E-state index contributed by atoms with van der Waals surface area (Å²) in [6.07, 6.45) is 1.59. The maximum atomic E-state index is 13.2. The van der Waals surface area contributed by atoms with Crippen molar-refractivity contribution in [3.05, 3.63) is 51.3 Å². The molecule has 0 aliphatic heterocycles. The SMILES string of the molecule is CCNc1ncccc1C(=O)Nc1c(Cl)cc(F)cc1Br. The van der Waals surface area contributed by atoms with E-state index in [1.165, 1.54) is 6.07 Å². The third-order valence-corrected chi connectivity index (χ3v) is 3.57. The number of amides is 1. The number of hydrogen-bond donors (Lipinski definition) is 2. The van der Waals surface area contributed by atoms with E-state index >= 15 is 0 Å². The smallest absolute Gasteiger partial charge is 0.259 e. The molecule has 0 saturated heterocycles. The molecular weight excluding hydrogens is 361 g/mol. The maximum Gasteiger partial charge on any atom is 0.259 e. The molecule has 2 rings (SSSR count). The summed E-state index contributed by atoms with van der Waals surface area (Å²) < 4.78 is 13.6. The summed E-state index contributed by atoms with van der Waals surface area (Å²) in [4.78, 5) is 16.4. The number of aromatic nitrogens is 1.